The number of hydrogen-bond donors (Lipinski definition) is 2. The molecule has 1 saturated heterocycles. The summed E-state index contributed by atoms with van der Waals surface area (Å²) in [6, 6.07) is 14.5. The molecule has 158 valence electrons. The van der Waals surface area contributed by atoms with E-state index in [1.807, 2.05) is 23.1 Å². The smallest absolute Gasteiger partial charge is 0.231 e. The molecule has 0 aliphatic carbocycles. The van der Waals surface area contributed by atoms with Gasteiger partial charge in [0.1, 0.15) is 18.5 Å². The fraction of sp³-hybridized carbons (Fsp3) is 0.348. The van der Waals surface area contributed by atoms with E-state index < -0.39 is 6.10 Å². The Hall–Kier alpha value is -2.45. The van der Waals surface area contributed by atoms with Crippen LogP contribution in [0.1, 0.15) is 0 Å². The summed E-state index contributed by atoms with van der Waals surface area (Å²) in [5.41, 5.74) is 7.58. The first-order valence-electron chi connectivity index (χ1n) is 10.2. The number of β-amino-alcohol motifs (C(OH)–C–C–N with tert-alkyl or cyclic N) is 1. The SMILES string of the molecule is NC(=O)CN1CCN(CC(O)COc2cc(-c3ccsc3)c3ccccc3c2)CC1. The summed E-state index contributed by atoms with van der Waals surface area (Å²) in [4.78, 5) is 15.3. The number of amides is 1. The van der Waals surface area contributed by atoms with Gasteiger partial charge in [0.2, 0.25) is 5.91 Å². The molecule has 6 nitrogen and oxygen atoms in total. The van der Waals surface area contributed by atoms with Crippen molar-refractivity contribution in [3.63, 3.8) is 0 Å². The highest BCUT2D eigenvalue weighted by atomic mass is 32.1. The lowest BCUT2D eigenvalue weighted by atomic mass is 10.00. The van der Waals surface area contributed by atoms with E-state index >= 15 is 0 Å². The summed E-state index contributed by atoms with van der Waals surface area (Å²) in [5.74, 6) is 0.467. The van der Waals surface area contributed by atoms with E-state index in [0.717, 1.165) is 42.9 Å². The lowest BCUT2D eigenvalue weighted by molar-refractivity contribution is -0.119. The summed E-state index contributed by atoms with van der Waals surface area (Å²) >= 11 is 1.67. The zero-order valence-corrected chi connectivity index (χ0v) is 17.7. The maximum Gasteiger partial charge on any atom is 0.231 e. The van der Waals surface area contributed by atoms with Crippen LogP contribution in [0.5, 0.6) is 5.75 Å². The molecular weight excluding hydrogens is 398 g/mol. The number of nitrogens with two attached hydrogens (primary N) is 1. The molecule has 4 rings (SSSR count). The van der Waals surface area contributed by atoms with E-state index in [1.54, 1.807) is 11.3 Å². The van der Waals surface area contributed by atoms with Crippen molar-refractivity contribution in [2.75, 3.05) is 45.9 Å². The minimum Gasteiger partial charge on any atom is -0.491 e. The molecule has 1 amide bonds. The third kappa shape index (κ3) is 5.17. The first-order valence-corrected chi connectivity index (χ1v) is 11.1. The van der Waals surface area contributed by atoms with E-state index in [9.17, 15) is 9.90 Å². The Morgan fingerprint density at radius 2 is 1.90 bits per heavy atom. The second kappa shape index (κ2) is 9.57. The molecule has 1 fully saturated rings. The van der Waals surface area contributed by atoms with Crippen molar-refractivity contribution in [1.29, 1.82) is 0 Å². The lowest BCUT2D eigenvalue weighted by Gasteiger charge is -2.34. The van der Waals surface area contributed by atoms with Crippen molar-refractivity contribution < 1.29 is 14.6 Å². The molecule has 2 aromatic carbocycles. The molecule has 2 heterocycles. The third-order valence-electron chi connectivity index (χ3n) is 5.42. The quantitative estimate of drug-likeness (QED) is 0.580. The Kier molecular flexibility index (Phi) is 6.64. The average Bonchev–Trinajstić information content (AvgIpc) is 3.27. The fourth-order valence-corrected chi connectivity index (χ4v) is 4.57. The molecule has 3 aromatic rings. The van der Waals surface area contributed by atoms with Gasteiger partial charge in [-0.25, -0.2) is 0 Å². The number of carbonyl (C=O) groups excluding carboxylic acids is 1. The number of ether oxygens (including phenoxy) is 1. The monoisotopic (exact) mass is 425 g/mol. The largest absolute Gasteiger partial charge is 0.491 e. The molecule has 0 radical (unpaired) electrons. The van der Waals surface area contributed by atoms with Crippen LogP contribution in [0.15, 0.2) is 53.2 Å². The first kappa shape index (κ1) is 20.8. The normalized spacial score (nSPS) is 16.6. The van der Waals surface area contributed by atoms with Crippen LogP contribution in [0.4, 0.5) is 0 Å². The van der Waals surface area contributed by atoms with Crippen molar-refractivity contribution in [3.8, 4) is 16.9 Å². The summed E-state index contributed by atoms with van der Waals surface area (Å²) in [6.45, 7) is 4.27. The number of primary amides is 1. The number of hydrogen-bond acceptors (Lipinski definition) is 6. The van der Waals surface area contributed by atoms with Crippen LogP contribution >= 0.6 is 11.3 Å². The van der Waals surface area contributed by atoms with Gasteiger partial charge in [-0.3, -0.25) is 14.6 Å². The number of thiophene rings is 1. The van der Waals surface area contributed by atoms with Crippen LogP contribution in [-0.2, 0) is 4.79 Å². The van der Waals surface area contributed by atoms with Gasteiger partial charge in [0.15, 0.2) is 0 Å². The number of fused-ring (bicyclic) bond motifs is 1. The van der Waals surface area contributed by atoms with E-state index in [1.165, 1.54) is 10.9 Å². The van der Waals surface area contributed by atoms with Gasteiger partial charge in [-0.15, -0.1) is 0 Å². The third-order valence-corrected chi connectivity index (χ3v) is 6.11. The van der Waals surface area contributed by atoms with Crippen molar-refractivity contribution >= 4 is 28.0 Å². The van der Waals surface area contributed by atoms with Gasteiger partial charge < -0.3 is 15.6 Å². The van der Waals surface area contributed by atoms with Crippen LogP contribution < -0.4 is 10.5 Å². The van der Waals surface area contributed by atoms with E-state index in [4.69, 9.17) is 10.5 Å². The van der Waals surface area contributed by atoms with E-state index in [0.29, 0.717) is 13.1 Å². The standard InChI is InChI=1S/C23H27N3O3S/c24-23(28)14-26-8-6-25(7-9-26)13-19(27)15-29-20-11-17-3-1-2-4-21(17)22(12-20)18-5-10-30-16-18/h1-5,10-12,16,19,27H,6-9,13-15H2,(H2,24,28). The van der Waals surface area contributed by atoms with Crippen molar-refractivity contribution in [1.82, 2.24) is 9.80 Å². The van der Waals surface area contributed by atoms with Crippen LogP contribution in [0.2, 0.25) is 0 Å². The molecule has 0 saturated carbocycles. The van der Waals surface area contributed by atoms with Crippen molar-refractivity contribution in [3.05, 3.63) is 53.2 Å². The molecular formula is C23H27N3O3S. The topological polar surface area (TPSA) is 79.0 Å². The summed E-state index contributed by atoms with van der Waals surface area (Å²) in [5, 5.41) is 17.0. The molecule has 3 N–H and O–H groups in total. The fourth-order valence-electron chi connectivity index (χ4n) is 3.92. The summed E-state index contributed by atoms with van der Waals surface area (Å²) in [6.07, 6.45) is -0.580. The van der Waals surface area contributed by atoms with Crippen LogP contribution in [0.25, 0.3) is 21.9 Å². The first-order chi connectivity index (χ1) is 14.6. The van der Waals surface area contributed by atoms with Gasteiger partial charge in [0, 0.05) is 32.7 Å². The molecule has 1 aromatic heterocycles. The number of aliphatic hydroxyl groups is 1. The molecule has 7 heteroatoms. The van der Waals surface area contributed by atoms with Gasteiger partial charge in [0.05, 0.1) is 6.54 Å². The van der Waals surface area contributed by atoms with E-state index in [2.05, 4.69) is 39.9 Å². The van der Waals surface area contributed by atoms with Crippen molar-refractivity contribution in [2.24, 2.45) is 5.73 Å². The molecule has 1 aliphatic rings. The molecule has 1 aliphatic heterocycles. The molecule has 30 heavy (non-hydrogen) atoms. The van der Waals surface area contributed by atoms with Gasteiger partial charge >= 0.3 is 0 Å². The number of benzene rings is 2. The predicted octanol–water partition coefficient (Wildman–Crippen LogP) is 2.41. The van der Waals surface area contributed by atoms with Gasteiger partial charge in [-0.1, -0.05) is 24.3 Å². The van der Waals surface area contributed by atoms with E-state index in [-0.39, 0.29) is 12.5 Å². The number of piperazine rings is 1. The highest BCUT2D eigenvalue weighted by Gasteiger charge is 2.20. The lowest BCUT2D eigenvalue weighted by Crippen LogP contribution is -2.50. The number of nitrogens with zero attached hydrogens (tertiary/aromatic N) is 2. The number of aliphatic hydroxyl groups excluding tert-OH is 1. The zero-order chi connectivity index (χ0) is 20.9. The van der Waals surface area contributed by atoms with Gasteiger partial charge in [0.25, 0.3) is 0 Å². The number of rotatable bonds is 8. The van der Waals surface area contributed by atoms with Crippen LogP contribution in [-0.4, -0.2) is 72.8 Å². The highest BCUT2D eigenvalue weighted by molar-refractivity contribution is 7.08. The average molecular weight is 426 g/mol. The predicted molar refractivity (Wildman–Crippen MR) is 121 cm³/mol. The second-order valence-corrected chi connectivity index (χ2v) is 8.49. The van der Waals surface area contributed by atoms with Crippen molar-refractivity contribution in [2.45, 2.75) is 6.10 Å². The second-order valence-electron chi connectivity index (χ2n) is 7.71. The maximum atomic E-state index is 11.0. The van der Waals surface area contributed by atoms with Gasteiger partial charge in [-0.05, 0) is 50.9 Å². The Morgan fingerprint density at radius 1 is 1.13 bits per heavy atom. The van der Waals surface area contributed by atoms with Gasteiger partial charge in [-0.2, -0.15) is 11.3 Å². The minimum absolute atomic E-state index is 0.239. The highest BCUT2D eigenvalue weighted by Crippen LogP contribution is 2.34. The Bertz CT molecular complexity index is 985. The van der Waals surface area contributed by atoms with Crippen LogP contribution in [0.3, 0.4) is 0 Å². The molecule has 0 spiro atoms. The Labute approximate surface area is 180 Å². The molecule has 0 bridgehead atoms. The molecule has 1 atom stereocenters. The number of carbonyl (C=O) groups is 1. The maximum absolute atomic E-state index is 11.0. The summed E-state index contributed by atoms with van der Waals surface area (Å²) in [7, 11) is 0. The zero-order valence-electron chi connectivity index (χ0n) is 16.9. The Balaban J connectivity index is 1.36. The Morgan fingerprint density at radius 3 is 2.63 bits per heavy atom. The molecule has 1 unspecified atom stereocenters. The summed E-state index contributed by atoms with van der Waals surface area (Å²) < 4.78 is 5.99. The minimum atomic E-state index is -0.580. The van der Waals surface area contributed by atoms with Crippen LogP contribution in [0, 0.1) is 0 Å².